The molecule has 0 aliphatic carbocycles. The molecule has 5 amide bonds. The number of fused-ring (bicyclic) bond motifs is 1. The van der Waals surface area contributed by atoms with Gasteiger partial charge in [0.2, 0.25) is 23.6 Å². The van der Waals surface area contributed by atoms with Crippen LogP contribution in [0, 0.1) is 11.7 Å². The maximum atomic E-state index is 14.2. The lowest BCUT2D eigenvalue weighted by Gasteiger charge is -2.32. The van der Waals surface area contributed by atoms with Crippen LogP contribution in [0.3, 0.4) is 0 Å². The number of benzene rings is 3. The predicted octanol–water partition coefficient (Wildman–Crippen LogP) is 3.12. The summed E-state index contributed by atoms with van der Waals surface area (Å²) in [6, 6.07) is 19.4. The van der Waals surface area contributed by atoms with Crippen molar-refractivity contribution in [1.29, 1.82) is 0 Å². The summed E-state index contributed by atoms with van der Waals surface area (Å²) >= 11 is 0. The predicted molar refractivity (Wildman–Crippen MR) is 187 cm³/mol. The molecule has 1 aliphatic rings. The molecule has 50 heavy (non-hydrogen) atoms. The van der Waals surface area contributed by atoms with Gasteiger partial charge in [-0.2, -0.15) is 0 Å². The minimum Gasteiger partial charge on any atom is -0.491 e. The van der Waals surface area contributed by atoms with Gasteiger partial charge in [-0.1, -0.05) is 74.5 Å². The van der Waals surface area contributed by atoms with Crippen molar-refractivity contribution in [3.8, 4) is 5.75 Å². The number of ether oxygens (including phenoxy) is 1. The van der Waals surface area contributed by atoms with Gasteiger partial charge in [-0.15, -0.1) is 0 Å². The van der Waals surface area contributed by atoms with Crippen LogP contribution in [0.5, 0.6) is 5.75 Å². The average Bonchev–Trinajstić information content (AvgIpc) is 3.09. The van der Waals surface area contributed by atoms with Crippen molar-refractivity contribution in [3.63, 3.8) is 0 Å². The zero-order chi connectivity index (χ0) is 36.2. The molecule has 0 bridgehead atoms. The van der Waals surface area contributed by atoms with Gasteiger partial charge in [0.1, 0.15) is 30.3 Å². The van der Waals surface area contributed by atoms with Crippen LogP contribution in [0.2, 0.25) is 0 Å². The largest absolute Gasteiger partial charge is 0.491 e. The van der Waals surface area contributed by atoms with Crippen LogP contribution < -0.4 is 20.7 Å². The fourth-order valence-electron chi connectivity index (χ4n) is 5.80. The molecule has 3 atom stereocenters. The highest BCUT2D eigenvalue weighted by molar-refractivity contribution is 6.01. The second-order valence-electron chi connectivity index (χ2n) is 13.0. The number of halogens is 1. The van der Waals surface area contributed by atoms with Crippen LogP contribution in [-0.2, 0) is 32.0 Å². The van der Waals surface area contributed by atoms with Gasteiger partial charge < -0.3 is 30.5 Å². The molecule has 11 nitrogen and oxygen atoms in total. The van der Waals surface area contributed by atoms with Crippen molar-refractivity contribution >= 4 is 29.5 Å². The van der Waals surface area contributed by atoms with E-state index in [2.05, 4.69) is 16.0 Å². The maximum absolute atomic E-state index is 14.2. The van der Waals surface area contributed by atoms with E-state index in [0.717, 1.165) is 5.56 Å². The normalized spacial score (nSPS) is 19.6. The van der Waals surface area contributed by atoms with E-state index in [1.807, 2.05) is 44.2 Å². The van der Waals surface area contributed by atoms with Crippen molar-refractivity contribution in [3.05, 3.63) is 101 Å². The molecule has 3 aromatic carbocycles. The Hall–Kier alpha value is -5.26. The van der Waals surface area contributed by atoms with Crippen molar-refractivity contribution in [2.24, 2.45) is 5.92 Å². The Labute approximate surface area is 292 Å². The van der Waals surface area contributed by atoms with Crippen LogP contribution in [0.25, 0.3) is 0 Å². The number of hydrogen-bond donors (Lipinski definition) is 3. The van der Waals surface area contributed by atoms with E-state index in [1.165, 1.54) is 36.0 Å². The SMILES string of the molecule is CC(C)C[C@H]1C(=O)N(C)CC(=O)N[C@H](Cc2ccccc2)COc2ccccc2C(=O)N[C@H](C(=O)NCCc2ccccc2F)CC(=O)N1C. The summed E-state index contributed by atoms with van der Waals surface area (Å²) in [5.74, 6) is -2.89. The van der Waals surface area contributed by atoms with Crippen molar-refractivity contribution in [2.75, 3.05) is 33.8 Å². The Morgan fingerprint density at radius 3 is 2.34 bits per heavy atom. The topological polar surface area (TPSA) is 137 Å². The number of nitrogens with zero attached hydrogens (tertiary/aromatic N) is 2. The number of likely N-dealkylation sites (N-methyl/N-ethyl adjacent to an activating group) is 2. The van der Waals surface area contributed by atoms with Crippen molar-refractivity contribution in [2.45, 2.75) is 57.7 Å². The number of hydrogen-bond acceptors (Lipinski definition) is 6. The number of amides is 5. The average molecular weight is 688 g/mol. The Bertz CT molecular complexity index is 1650. The van der Waals surface area contributed by atoms with Gasteiger partial charge in [-0.3, -0.25) is 24.0 Å². The van der Waals surface area contributed by atoms with Crippen LogP contribution in [0.15, 0.2) is 78.9 Å². The van der Waals surface area contributed by atoms with E-state index in [-0.39, 0.29) is 43.3 Å². The number of para-hydroxylation sites is 1. The first kappa shape index (κ1) is 37.6. The summed E-state index contributed by atoms with van der Waals surface area (Å²) in [7, 11) is 2.98. The van der Waals surface area contributed by atoms with Gasteiger partial charge in [-0.05, 0) is 54.5 Å². The van der Waals surface area contributed by atoms with E-state index in [9.17, 15) is 28.4 Å². The summed E-state index contributed by atoms with van der Waals surface area (Å²) in [5.41, 5.74) is 1.48. The molecule has 12 heteroatoms. The van der Waals surface area contributed by atoms with E-state index < -0.39 is 59.9 Å². The lowest BCUT2D eigenvalue weighted by atomic mass is 10.0. The summed E-state index contributed by atoms with van der Waals surface area (Å²) in [6.45, 7) is 3.63. The molecule has 0 saturated carbocycles. The number of carbonyl (C=O) groups is 5. The monoisotopic (exact) mass is 687 g/mol. The maximum Gasteiger partial charge on any atom is 0.255 e. The molecule has 0 spiro atoms. The van der Waals surface area contributed by atoms with Crippen molar-refractivity contribution in [1.82, 2.24) is 25.8 Å². The van der Waals surface area contributed by atoms with Crippen LogP contribution in [-0.4, -0.2) is 91.3 Å². The quantitative estimate of drug-likeness (QED) is 0.333. The molecule has 0 saturated heterocycles. The van der Waals surface area contributed by atoms with Crippen LogP contribution >= 0.6 is 0 Å². The third kappa shape index (κ3) is 10.6. The molecule has 3 N–H and O–H groups in total. The first-order valence-electron chi connectivity index (χ1n) is 16.8. The highest BCUT2D eigenvalue weighted by atomic mass is 19.1. The summed E-state index contributed by atoms with van der Waals surface area (Å²) in [6.07, 6.45) is 0.456. The highest BCUT2D eigenvalue weighted by Crippen LogP contribution is 2.20. The van der Waals surface area contributed by atoms with Crippen LogP contribution in [0.4, 0.5) is 4.39 Å². The first-order chi connectivity index (χ1) is 23.9. The lowest BCUT2D eigenvalue weighted by Crippen LogP contribution is -2.54. The number of carbonyl (C=O) groups excluding carboxylic acids is 5. The second-order valence-corrected chi connectivity index (χ2v) is 13.0. The number of rotatable bonds is 8. The third-order valence-electron chi connectivity index (χ3n) is 8.51. The zero-order valence-electron chi connectivity index (χ0n) is 29.0. The summed E-state index contributed by atoms with van der Waals surface area (Å²) in [5, 5.41) is 8.38. The standard InChI is InChI=1S/C38H46FN5O6/c1-25(2)20-32-38(49)43(3)23-34(45)41-28(21-26-12-6-5-7-13-26)24-50-33-17-11-9-15-29(33)36(47)42-31(22-35(46)44(32)4)37(48)40-19-18-27-14-8-10-16-30(27)39/h5-17,25,28,31-32H,18-24H2,1-4H3,(H,40,48)(H,41,45)(H,42,47)/t28-,31+,32+/m1/s1. The zero-order valence-corrected chi connectivity index (χ0v) is 29.0. The highest BCUT2D eigenvalue weighted by Gasteiger charge is 2.34. The molecular weight excluding hydrogens is 641 g/mol. The minimum absolute atomic E-state index is 0.000251. The molecular formula is C38H46FN5O6. The Balaban J connectivity index is 1.66. The van der Waals surface area contributed by atoms with E-state index >= 15 is 0 Å². The fraction of sp³-hybridized carbons (Fsp3) is 0.395. The second kappa shape index (κ2) is 17.9. The molecule has 0 fully saturated rings. The third-order valence-corrected chi connectivity index (χ3v) is 8.51. The fourth-order valence-corrected chi connectivity index (χ4v) is 5.80. The summed E-state index contributed by atoms with van der Waals surface area (Å²) < 4.78 is 20.3. The Morgan fingerprint density at radius 2 is 1.62 bits per heavy atom. The van der Waals surface area contributed by atoms with Gasteiger partial charge in [0.25, 0.3) is 5.91 Å². The lowest BCUT2D eigenvalue weighted by molar-refractivity contribution is -0.146. The minimum atomic E-state index is -1.33. The van der Waals surface area contributed by atoms with Gasteiger partial charge in [0, 0.05) is 20.6 Å². The molecule has 0 aromatic heterocycles. The van der Waals surface area contributed by atoms with Crippen LogP contribution in [0.1, 0.15) is 48.2 Å². The Morgan fingerprint density at radius 1 is 0.940 bits per heavy atom. The summed E-state index contributed by atoms with van der Waals surface area (Å²) in [4.78, 5) is 70.7. The van der Waals surface area contributed by atoms with Gasteiger partial charge in [0.15, 0.2) is 0 Å². The molecule has 3 aromatic rings. The van der Waals surface area contributed by atoms with Gasteiger partial charge >= 0.3 is 0 Å². The van der Waals surface area contributed by atoms with Crippen molar-refractivity contribution < 1.29 is 33.1 Å². The van der Waals surface area contributed by atoms with E-state index in [0.29, 0.717) is 18.4 Å². The molecule has 0 radical (unpaired) electrons. The Kier molecular flexibility index (Phi) is 13.5. The molecule has 0 unspecified atom stereocenters. The smallest absolute Gasteiger partial charge is 0.255 e. The molecule has 1 heterocycles. The van der Waals surface area contributed by atoms with Gasteiger partial charge in [0.05, 0.1) is 24.6 Å². The molecule has 4 rings (SSSR count). The molecule has 266 valence electrons. The molecule has 1 aliphatic heterocycles. The van der Waals surface area contributed by atoms with E-state index in [4.69, 9.17) is 4.74 Å². The van der Waals surface area contributed by atoms with Gasteiger partial charge in [-0.25, -0.2) is 4.39 Å². The first-order valence-corrected chi connectivity index (χ1v) is 16.8. The number of nitrogens with one attached hydrogen (secondary N) is 3. The van der Waals surface area contributed by atoms with E-state index in [1.54, 1.807) is 36.4 Å².